The summed E-state index contributed by atoms with van der Waals surface area (Å²) >= 11 is 0. The summed E-state index contributed by atoms with van der Waals surface area (Å²) < 4.78 is 0. The van der Waals surface area contributed by atoms with Crippen LogP contribution in [0.15, 0.2) is 24.5 Å². The van der Waals surface area contributed by atoms with E-state index in [0.29, 0.717) is 12.8 Å². The van der Waals surface area contributed by atoms with Crippen molar-refractivity contribution in [3.05, 3.63) is 30.1 Å². The average Bonchev–Trinajstić information content (AvgIpc) is 2.60. The second-order valence-electron chi connectivity index (χ2n) is 6.30. The zero-order valence-electron chi connectivity index (χ0n) is 14.8. The monoisotopic (exact) mass is 350 g/mol. The molecule has 0 unspecified atom stereocenters. The second-order valence-corrected chi connectivity index (χ2v) is 6.30. The molecule has 0 bridgehead atoms. The van der Waals surface area contributed by atoms with Gasteiger partial charge >= 0.3 is 0 Å². The molecule has 1 rings (SSSR count). The molecule has 0 fully saturated rings. The highest BCUT2D eigenvalue weighted by molar-refractivity contribution is 5.90. The lowest BCUT2D eigenvalue weighted by atomic mass is 9.92. The van der Waals surface area contributed by atoms with Gasteiger partial charge in [0.2, 0.25) is 17.7 Å². The van der Waals surface area contributed by atoms with Gasteiger partial charge < -0.3 is 10.6 Å². The smallest absolute Gasteiger partial charge is 0.244 e. The largest absolute Gasteiger partial charge is 0.357 e. The van der Waals surface area contributed by atoms with E-state index < -0.39 is 17.9 Å². The molecular weight excluding hydrogens is 324 g/mol. The fourth-order valence-corrected chi connectivity index (χ4v) is 2.55. The number of rotatable bonds is 9. The third-order valence-corrected chi connectivity index (χ3v) is 3.75. The van der Waals surface area contributed by atoms with Crippen molar-refractivity contribution >= 4 is 17.7 Å². The molecule has 138 valence electrons. The van der Waals surface area contributed by atoms with Crippen LogP contribution in [0.5, 0.6) is 0 Å². The molecule has 0 aliphatic carbocycles. The SMILES string of the molecule is CNC(=O)[C@@H](Cc1ccncc1)NC(=O)[C@@H](CC(=O)NO)CC(C)C. The van der Waals surface area contributed by atoms with Gasteiger partial charge in [0, 0.05) is 38.2 Å². The Labute approximate surface area is 147 Å². The molecule has 2 atom stereocenters. The quantitative estimate of drug-likeness (QED) is 0.380. The molecule has 0 radical (unpaired) electrons. The van der Waals surface area contributed by atoms with Crippen LogP contribution in [0.3, 0.4) is 0 Å². The first-order chi connectivity index (χ1) is 11.9. The highest BCUT2D eigenvalue weighted by atomic mass is 16.5. The molecule has 0 aliphatic heterocycles. The Morgan fingerprint density at radius 3 is 2.32 bits per heavy atom. The van der Waals surface area contributed by atoms with E-state index in [-0.39, 0.29) is 24.2 Å². The Hall–Kier alpha value is -2.48. The van der Waals surface area contributed by atoms with Crippen molar-refractivity contribution in [2.24, 2.45) is 11.8 Å². The normalized spacial score (nSPS) is 13.0. The van der Waals surface area contributed by atoms with Crippen LogP contribution in [-0.2, 0) is 20.8 Å². The van der Waals surface area contributed by atoms with Gasteiger partial charge in [-0.3, -0.25) is 24.6 Å². The van der Waals surface area contributed by atoms with E-state index in [1.54, 1.807) is 30.0 Å². The standard InChI is InChI=1S/C17H26N4O4/c1-11(2)8-13(10-15(22)21-25)16(23)20-14(17(24)18-3)9-12-4-6-19-7-5-12/h4-7,11,13-14,25H,8-10H2,1-3H3,(H,18,24)(H,20,23)(H,21,22)/t13-,14-/m1/s1. The van der Waals surface area contributed by atoms with Crippen LogP contribution in [0.1, 0.15) is 32.3 Å². The molecule has 1 heterocycles. The number of carbonyl (C=O) groups is 3. The molecule has 0 aromatic carbocycles. The molecule has 1 aromatic rings. The molecule has 0 spiro atoms. The summed E-state index contributed by atoms with van der Waals surface area (Å²) in [6.45, 7) is 3.87. The summed E-state index contributed by atoms with van der Waals surface area (Å²) in [5.41, 5.74) is 2.40. The van der Waals surface area contributed by atoms with Crippen molar-refractivity contribution in [3.63, 3.8) is 0 Å². The van der Waals surface area contributed by atoms with Gasteiger partial charge in [-0.25, -0.2) is 5.48 Å². The average molecular weight is 350 g/mol. The Morgan fingerprint density at radius 1 is 1.16 bits per heavy atom. The van der Waals surface area contributed by atoms with Crippen molar-refractivity contribution in [3.8, 4) is 0 Å². The van der Waals surface area contributed by atoms with Crippen molar-refractivity contribution in [2.45, 2.75) is 39.2 Å². The predicted octanol–water partition coefficient (Wildman–Crippen LogP) is 0.413. The molecule has 8 nitrogen and oxygen atoms in total. The van der Waals surface area contributed by atoms with E-state index >= 15 is 0 Å². The number of pyridine rings is 1. The number of carbonyl (C=O) groups excluding carboxylic acids is 3. The van der Waals surface area contributed by atoms with Gasteiger partial charge in [-0.2, -0.15) is 0 Å². The van der Waals surface area contributed by atoms with Crippen LogP contribution in [0.25, 0.3) is 0 Å². The van der Waals surface area contributed by atoms with Gasteiger partial charge in [0.25, 0.3) is 0 Å². The van der Waals surface area contributed by atoms with Crippen LogP contribution in [0.2, 0.25) is 0 Å². The number of nitrogens with one attached hydrogen (secondary N) is 3. The molecule has 1 aromatic heterocycles. The van der Waals surface area contributed by atoms with Crippen LogP contribution in [0.4, 0.5) is 0 Å². The van der Waals surface area contributed by atoms with E-state index in [1.165, 1.54) is 7.05 Å². The summed E-state index contributed by atoms with van der Waals surface area (Å²) in [5, 5.41) is 14.0. The number of hydrogen-bond donors (Lipinski definition) is 4. The minimum atomic E-state index is -0.758. The first kappa shape index (κ1) is 20.6. The van der Waals surface area contributed by atoms with Crippen molar-refractivity contribution in [1.29, 1.82) is 0 Å². The molecular formula is C17H26N4O4. The van der Waals surface area contributed by atoms with Gasteiger partial charge in [0.1, 0.15) is 6.04 Å². The lowest BCUT2D eigenvalue weighted by molar-refractivity contribution is -0.136. The fraction of sp³-hybridized carbons (Fsp3) is 0.529. The Bertz CT molecular complexity index is 577. The van der Waals surface area contributed by atoms with E-state index in [4.69, 9.17) is 5.21 Å². The number of aromatic nitrogens is 1. The Balaban J connectivity index is 2.85. The molecule has 25 heavy (non-hydrogen) atoms. The fourth-order valence-electron chi connectivity index (χ4n) is 2.55. The van der Waals surface area contributed by atoms with Gasteiger partial charge in [0.05, 0.1) is 0 Å². The maximum Gasteiger partial charge on any atom is 0.244 e. The number of hydrogen-bond acceptors (Lipinski definition) is 5. The molecule has 0 saturated carbocycles. The summed E-state index contributed by atoms with van der Waals surface area (Å²) in [6, 6.07) is 2.78. The first-order valence-electron chi connectivity index (χ1n) is 8.21. The van der Waals surface area contributed by atoms with Crippen LogP contribution in [0, 0.1) is 11.8 Å². The predicted molar refractivity (Wildman–Crippen MR) is 91.4 cm³/mol. The van der Waals surface area contributed by atoms with E-state index in [9.17, 15) is 14.4 Å². The van der Waals surface area contributed by atoms with Crippen molar-refractivity contribution < 1.29 is 19.6 Å². The van der Waals surface area contributed by atoms with Crippen LogP contribution >= 0.6 is 0 Å². The maximum atomic E-state index is 12.6. The summed E-state index contributed by atoms with van der Waals surface area (Å²) in [7, 11) is 1.50. The van der Waals surface area contributed by atoms with Gasteiger partial charge in [0.15, 0.2) is 0 Å². The highest BCUT2D eigenvalue weighted by Crippen LogP contribution is 2.16. The Kier molecular flexibility index (Phi) is 8.55. The third-order valence-electron chi connectivity index (χ3n) is 3.75. The van der Waals surface area contributed by atoms with Gasteiger partial charge in [-0.1, -0.05) is 13.8 Å². The first-order valence-corrected chi connectivity index (χ1v) is 8.21. The molecule has 0 aliphatic rings. The number of nitrogens with zero attached hydrogens (tertiary/aromatic N) is 1. The van der Waals surface area contributed by atoms with E-state index in [1.807, 2.05) is 13.8 Å². The maximum absolute atomic E-state index is 12.6. The third kappa shape index (κ3) is 7.30. The van der Waals surface area contributed by atoms with Crippen LogP contribution in [-0.4, -0.2) is 41.0 Å². The topological polar surface area (TPSA) is 120 Å². The van der Waals surface area contributed by atoms with Gasteiger partial charge in [-0.15, -0.1) is 0 Å². The minimum Gasteiger partial charge on any atom is -0.357 e. The lowest BCUT2D eigenvalue weighted by Gasteiger charge is -2.22. The molecule has 8 heteroatoms. The van der Waals surface area contributed by atoms with Crippen molar-refractivity contribution in [1.82, 2.24) is 21.1 Å². The zero-order valence-corrected chi connectivity index (χ0v) is 14.8. The number of amides is 3. The van der Waals surface area contributed by atoms with E-state index in [0.717, 1.165) is 5.56 Å². The summed E-state index contributed by atoms with van der Waals surface area (Å²) in [5.74, 6) is -1.79. The highest BCUT2D eigenvalue weighted by Gasteiger charge is 2.27. The van der Waals surface area contributed by atoms with Crippen molar-refractivity contribution in [2.75, 3.05) is 7.05 Å². The Morgan fingerprint density at radius 2 is 1.80 bits per heavy atom. The summed E-state index contributed by atoms with van der Waals surface area (Å²) in [6.07, 6.45) is 3.87. The van der Waals surface area contributed by atoms with Gasteiger partial charge in [-0.05, 0) is 30.0 Å². The molecule has 0 saturated heterocycles. The lowest BCUT2D eigenvalue weighted by Crippen LogP contribution is -2.49. The zero-order chi connectivity index (χ0) is 18.8. The molecule has 3 amide bonds. The second kappa shape index (κ2) is 10.4. The van der Waals surface area contributed by atoms with E-state index in [2.05, 4.69) is 15.6 Å². The number of hydroxylamine groups is 1. The molecule has 4 N–H and O–H groups in total. The number of likely N-dealkylation sites (N-methyl/N-ethyl adjacent to an activating group) is 1. The minimum absolute atomic E-state index is 0.143. The van der Waals surface area contributed by atoms with Crippen LogP contribution < -0.4 is 16.1 Å². The summed E-state index contributed by atoms with van der Waals surface area (Å²) in [4.78, 5) is 40.1.